The van der Waals surface area contributed by atoms with Gasteiger partial charge in [-0.2, -0.15) is 0 Å². The molecule has 2 aliphatic heterocycles. The Hall–Kier alpha value is -0.610. The van der Waals surface area contributed by atoms with E-state index in [9.17, 15) is 4.79 Å². The highest BCUT2D eigenvalue weighted by atomic mass is 16.5. The van der Waals surface area contributed by atoms with Crippen LogP contribution in [-0.2, 0) is 9.53 Å². The predicted octanol–water partition coefficient (Wildman–Crippen LogP) is 1.75. The molecule has 0 aromatic heterocycles. The van der Waals surface area contributed by atoms with Crippen LogP contribution in [0.5, 0.6) is 0 Å². The minimum atomic E-state index is 0.369. The van der Waals surface area contributed by atoms with E-state index in [1.54, 1.807) is 0 Å². The third kappa shape index (κ3) is 2.85. The van der Waals surface area contributed by atoms with E-state index in [2.05, 4.69) is 9.80 Å². The first kappa shape index (κ1) is 14.0. The molecule has 0 aromatic rings. The molecular weight excluding hydrogens is 264 g/mol. The van der Waals surface area contributed by atoms with Crippen molar-refractivity contribution in [2.24, 2.45) is 17.8 Å². The second kappa shape index (κ2) is 5.88. The smallest absolute Gasteiger partial charge is 0.226 e. The molecule has 2 aliphatic carbocycles. The number of hydrogen-bond donors (Lipinski definition) is 0. The Labute approximate surface area is 127 Å². The molecule has 4 aliphatic rings. The van der Waals surface area contributed by atoms with Gasteiger partial charge in [0.25, 0.3) is 0 Å². The number of piperazine rings is 1. The van der Waals surface area contributed by atoms with Crippen LogP contribution in [0.2, 0.25) is 0 Å². The fraction of sp³-hybridized carbons (Fsp3) is 0.941. The summed E-state index contributed by atoms with van der Waals surface area (Å²) in [7, 11) is 0. The number of hydrogen-bond acceptors (Lipinski definition) is 3. The first-order valence-corrected chi connectivity index (χ1v) is 8.92. The van der Waals surface area contributed by atoms with Crippen molar-refractivity contribution in [2.45, 2.75) is 44.6 Å². The SMILES string of the molecule is O=C(C1CC2CCC1C2)N1CCN(CC2CCCO2)CC1. The Morgan fingerprint density at radius 3 is 2.52 bits per heavy atom. The van der Waals surface area contributed by atoms with Gasteiger partial charge in [0.15, 0.2) is 0 Å². The highest BCUT2D eigenvalue weighted by Crippen LogP contribution is 2.48. The van der Waals surface area contributed by atoms with Crippen molar-refractivity contribution in [3.63, 3.8) is 0 Å². The van der Waals surface area contributed by atoms with Gasteiger partial charge in [0.2, 0.25) is 5.91 Å². The van der Waals surface area contributed by atoms with E-state index < -0.39 is 0 Å². The van der Waals surface area contributed by atoms with Crippen molar-refractivity contribution >= 4 is 5.91 Å². The summed E-state index contributed by atoms with van der Waals surface area (Å²) in [6, 6.07) is 0. The molecule has 2 bridgehead atoms. The average molecular weight is 292 g/mol. The Balaban J connectivity index is 1.26. The van der Waals surface area contributed by atoms with E-state index in [0.29, 0.717) is 23.8 Å². The minimum absolute atomic E-state index is 0.369. The molecule has 0 spiro atoms. The second-order valence-electron chi connectivity index (χ2n) is 7.54. The van der Waals surface area contributed by atoms with Crippen molar-refractivity contribution in [3.05, 3.63) is 0 Å². The van der Waals surface area contributed by atoms with Gasteiger partial charge in [-0.25, -0.2) is 0 Å². The van der Waals surface area contributed by atoms with Crippen LogP contribution in [0.15, 0.2) is 0 Å². The molecule has 4 heteroatoms. The lowest BCUT2D eigenvalue weighted by Gasteiger charge is -2.38. The molecule has 4 nitrogen and oxygen atoms in total. The Kier molecular flexibility index (Phi) is 3.92. The predicted molar refractivity (Wildman–Crippen MR) is 80.9 cm³/mol. The average Bonchev–Trinajstić information content (AvgIpc) is 3.25. The van der Waals surface area contributed by atoms with Crippen molar-refractivity contribution < 1.29 is 9.53 Å². The van der Waals surface area contributed by atoms with Crippen molar-refractivity contribution in [2.75, 3.05) is 39.3 Å². The van der Waals surface area contributed by atoms with Crippen molar-refractivity contribution in [3.8, 4) is 0 Å². The van der Waals surface area contributed by atoms with Crippen LogP contribution in [0.1, 0.15) is 38.5 Å². The third-order valence-electron chi connectivity index (χ3n) is 6.23. The first-order chi connectivity index (χ1) is 10.3. The van der Waals surface area contributed by atoms with Gasteiger partial charge in [0, 0.05) is 45.2 Å². The maximum atomic E-state index is 12.7. The minimum Gasteiger partial charge on any atom is -0.377 e. The lowest BCUT2D eigenvalue weighted by Crippen LogP contribution is -2.52. The molecule has 1 amide bonds. The lowest BCUT2D eigenvalue weighted by molar-refractivity contribution is -0.139. The molecule has 2 heterocycles. The highest BCUT2D eigenvalue weighted by molar-refractivity contribution is 5.79. The molecule has 4 rings (SSSR count). The normalized spacial score (nSPS) is 40.1. The summed E-state index contributed by atoms with van der Waals surface area (Å²) >= 11 is 0. The van der Waals surface area contributed by atoms with Gasteiger partial charge in [0.1, 0.15) is 0 Å². The molecule has 0 aromatic carbocycles. The molecular formula is C17H28N2O2. The third-order valence-corrected chi connectivity index (χ3v) is 6.23. The van der Waals surface area contributed by atoms with E-state index in [1.165, 1.54) is 38.5 Å². The van der Waals surface area contributed by atoms with Gasteiger partial charge in [-0.15, -0.1) is 0 Å². The topological polar surface area (TPSA) is 32.8 Å². The van der Waals surface area contributed by atoms with E-state index in [0.717, 1.165) is 45.2 Å². The number of carbonyl (C=O) groups is 1. The zero-order valence-corrected chi connectivity index (χ0v) is 13.0. The van der Waals surface area contributed by atoms with Crippen LogP contribution in [0, 0.1) is 17.8 Å². The van der Waals surface area contributed by atoms with E-state index in [1.807, 2.05) is 0 Å². The quantitative estimate of drug-likeness (QED) is 0.794. The van der Waals surface area contributed by atoms with Gasteiger partial charge >= 0.3 is 0 Å². The molecule has 0 radical (unpaired) electrons. The zero-order valence-electron chi connectivity index (χ0n) is 13.0. The fourth-order valence-corrected chi connectivity index (χ4v) is 5.01. The van der Waals surface area contributed by atoms with E-state index >= 15 is 0 Å². The van der Waals surface area contributed by atoms with E-state index in [4.69, 9.17) is 4.74 Å². The number of ether oxygens (including phenoxy) is 1. The van der Waals surface area contributed by atoms with Gasteiger partial charge in [-0.1, -0.05) is 6.42 Å². The van der Waals surface area contributed by atoms with Crippen molar-refractivity contribution in [1.82, 2.24) is 9.80 Å². The monoisotopic (exact) mass is 292 g/mol. The Morgan fingerprint density at radius 1 is 1.05 bits per heavy atom. The maximum absolute atomic E-state index is 12.7. The zero-order chi connectivity index (χ0) is 14.2. The van der Waals surface area contributed by atoms with E-state index in [-0.39, 0.29) is 0 Å². The number of carbonyl (C=O) groups excluding carboxylic acids is 1. The number of rotatable bonds is 3. The Morgan fingerprint density at radius 2 is 1.90 bits per heavy atom. The molecule has 0 N–H and O–H groups in total. The van der Waals surface area contributed by atoms with Crippen LogP contribution in [-0.4, -0.2) is 61.1 Å². The largest absolute Gasteiger partial charge is 0.377 e. The molecule has 2 saturated heterocycles. The summed E-state index contributed by atoms with van der Waals surface area (Å²) in [5, 5.41) is 0. The van der Waals surface area contributed by atoms with Crippen molar-refractivity contribution in [1.29, 1.82) is 0 Å². The summed E-state index contributed by atoms with van der Waals surface area (Å²) in [5.74, 6) is 2.42. The van der Waals surface area contributed by atoms with Gasteiger partial charge < -0.3 is 9.64 Å². The molecule has 118 valence electrons. The summed E-state index contributed by atoms with van der Waals surface area (Å²) in [5.41, 5.74) is 0. The summed E-state index contributed by atoms with van der Waals surface area (Å²) < 4.78 is 5.72. The lowest BCUT2D eigenvalue weighted by atomic mass is 9.87. The first-order valence-electron chi connectivity index (χ1n) is 8.92. The fourth-order valence-electron chi connectivity index (χ4n) is 5.01. The standard InChI is InChI=1S/C17H28N2O2/c20-17(16-11-13-3-4-14(16)10-13)19-7-5-18(6-8-19)12-15-2-1-9-21-15/h13-16H,1-12H2. The van der Waals surface area contributed by atoms with Gasteiger partial charge in [-0.05, 0) is 43.9 Å². The summed E-state index contributed by atoms with van der Waals surface area (Å²) in [4.78, 5) is 17.4. The molecule has 4 atom stereocenters. The van der Waals surface area contributed by atoms with Gasteiger partial charge in [0.05, 0.1) is 6.10 Å². The molecule has 2 saturated carbocycles. The van der Waals surface area contributed by atoms with Crippen LogP contribution < -0.4 is 0 Å². The van der Waals surface area contributed by atoms with Crippen LogP contribution in [0.3, 0.4) is 0 Å². The maximum Gasteiger partial charge on any atom is 0.226 e. The van der Waals surface area contributed by atoms with Crippen LogP contribution >= 0.6 is 0 Å². The molecule has 4 unspecified atom stereocenters. The number of nitrogens with zero attached hydrogens (tertiary/aromatic N) is 2. The second-order valence-corrected chi connectivity index (χ2v) is 7.54. The highest BCUT2D eigenvalue weighted by Gasteiger charge is 2.44. The Bertz CT molecular complexity index is 386. The summed E-state index contributed by atoms with van der Waals surface area (Å²) in [6.07, 6.45) is 8.06. The summed E-state index contributed by atoms with van der Waals surface area (Å²) in [6.45, 7) is 5.93. The number of fused-ring (bicyclic) bond motifs is 2. The van der Waals surface area contributed by atoms with Gasteiger partial charge in [-0.3, -0.25) is 9.69 Å². The molecule has 21 heavy (non-hydrogen) atoms. The van der Waals surface area contributed by atoms with Crippen LogP contribution in [0.25, 0.3) is 0 Å². The molecule has 4 fully saturated rings. The van der Waals surface area contributed by atoms with Crippen LogP contribution in [0.4, 0.5) is 0 Å². The number of amides is 1.